The summed E-state index contributed by atoms with van der Waals surface area (Å²) in [6.45, 7) is 0. The van der Waals surface area contributed by atoms with Crippen LogP contribution < -0.4 is 4.72 Å². The van der Waals surface area contributed by atoms with Crippen molar-refractivity contribution < 1.29 is 31.5 Å². The van der Waals surface area contributed by atoms with Crippen LogP contribution in [0.25, 0.3) is 0 Å². The SMILES string of the molecule is Cl.O=C(O)[C@@H](CCC(F)(F)F)NS(=O)(=O)c1ccc(Cl)cc1. The second-order valence-electron chi connectivity index (χ2n) is 4.12. The van der Waals surface area contributed by atoms with E-state index in [1.807, 2.05) is 0 Å². The van der Waals surface area contributed by atoms with Crippen LogP contribution in [-0.2, 0) is 14.8 Å². The van der Waals surface area contributed by atoms with Crippen LogP contribution in [0.5, 0.6) is 0 Å². The molecular weight excluding hydrogens is 370 g/mol. The Kier molecular flexibility index (Phi) is 7.63. The van der Waals surface area contributed by atoms with E-state index in [1.54, 1.807) is 4.72 Å². The zero-order chi connectivity index (χ0) is 16.3. The monoisotopic (exact) mass is 381 g/mol. The molecule has 0 spiro atoms. The molecule has 0 heterocycles. The summed E-state index contributed by atoms with van der Waals surface area (Å²) < 4.78 is 61.8. The van der Waals surface area contributed by atoms with Gasteiger partial charge in [-0.25, -0.2) is 8.42 Å². The number of nitrogens with one attached hydrogen (secondary N) is 1. The van der Waals surface area contributed by atoms with Gasteiger partial charge in [-0.05, 0) is 30.7 Å². The highest BCUT2D eigenvalue weighted by molar-refractivity contribution is 7.89. The second-order valence-corrected chi connectivity index (χ2v) is 6.27. The molecule has 1 rings (SSSR count). The maximum atomic E-state index is 12.1. The molecule has 126 valence electrons. The predicted molar refractivity (Wildman–Crippen MR) is 75.7 cm³/mol. The highest BCUT2D eigenvalue weighted by Gasteiger charge is 2.32. The lowest BCUT2D eigenvalue weighted by Crippen LogP contribution is -2.41. The van der Waals surface area contributed by atoms with E-state index in [-0.39, 0.29) is 22.3 Å². The highest BCUT2D eigenvalue weighted by Crippen LogP contribution is 2.23. The molecule has 0 unspecified atom stereocenters. The fourth-order valence-corrected chi connectivity index (χ4v) is 2.76. The zero-order valence-electron chi connectivity index (χ0n) is 10.8. The number of halogens is 5. The first-order valence-corrected chi connectivity index (χ1v) is 7.45. The van der Waals surface area contributed by atoms with E-state index in [0.717, 1.165) is 12.1 Å². The number of benzene rings is 1. The summed E-state index contributed by atoms with van der Waals surface area (Å²) in [5.74, 6) is -1.68. The van der Waals surface area contributed by atoms with Crippen molar-refractivity contribution in [2.45, 2.75) is 30.0 Å². The number of hydrogen-bond acceptors (Lipinski definition) is 3. The van der Waals surface area contributed by atoms with Crippen molar-refractivity contribution in [3.63, 3.8) is 0 Å². The summed E-state index contributed by atoms with van der Waals surface area (Å²) in [5.41, 5.74) is 0. The van der Waals surface area contributed by atoms with Crippen LogP contribution in [0, 0.1) is 0 Å². The summed E-state index contributed by atoms with van der Waals surface area (Å²) >= 11 is 5.58. The Hall–Kier alpha value is -1.03. The van der Waals surface area contributed by atoms with Crippen LogP contribution in [0.2, 0.25) is 5.02 Å². The van der Waals surface area contributed by atoms with Crippen LogP contribution in [0.1, 0.15) is 12.8 Å². The molecule has 0 fully saturated rings. The van der Waals surface area contributed by atoms with Crippen molar-refractivity contribution >= 4 is 40.0 Å². The third-order valence-corrected chi connectivity index (χ3v) is 4.18. The molecule has 0 radical (unpaired) electrons. The number of carboxylic acid groups (broad SMARTS) is 1. The molecular formula is C11H12Cl2F3NO4S. The van der Waals surface area contributed by atoms with Crippen molar-refractivity contribution in [1.29, 1.82) is 0 Å². The minimum Gasteiger partial charge on any atom is -0.480 e. The quantitative estimate of drug-likeness (QED) is 0.793. The summed E-state index contributed by atoms with van der Waals surface area (Å²) in [6, 6.07) is 2.90. The number of carboxylic acids is 1. The molecule has 0 bridgehead atoms. The maximum Gasteiger partial charge on any atom is 0.389 e. The van der Waals surface area contributed by atoms with Gasteiger partial charge >= 0.3 is 12.1 Å². The van der Waals surface area contributed by atoms with Crippen molar-refractivity contribution in [2.75, 3.05) is 0 Å². The van der Waals surface area contributed by atoms with Gasteiger partial charge in [0.15, 0.2) is 0 Å². The number of aliphatic carboxylic acids is 1. The van der Waals surface area contributed by atoms with Crippen LogP contribution in [0.4, 0.5) is 13.2 Å². The van der Waals surface area contributed by atoms with Gasteiger partial charge in [-0.1, -0.05) is 11.6 Å². The van der Waals surface area contributed by atoms with Gasteiger partial charge in [0.25, 0.3) is 0 Å². The molecule has 22 heavy (non-hydrogen) atoms. The van der Waals surface area contributed by atoms with Gasteiger partial charge in [-0.15, -0.1) is 12.4 Å². The fourth-order valence-electron chi connectivity index (χ4n) is 1.41. The number of rotatable bonds is 6. The van der Waals surface area contributed by atoms with Gasteiger partial charge < -0.3 is 5.11 Å². The van der Waals surface area contributed by atoms with Crippen molar-refractivity contribution in [1.82, 2.24) is 4.72 Å². The average molecular weight is 382 g/mol. The third kappa shape index (κ3) is 6.82. The average Bonchev–Trinajstić information content (AvgIpc) is 2.33. The van der Waals surface area contributed by atoms with Gasteiger partial charge in [-0.2, -0.15) is 17.9 Å². The smallest absolute Gasteiger partial charge is 0.389 e. The Labute approximate surface area is 135 Å². The second kappa shape index (κ2) is 8.00. The lowest BCUT2D eigenvalue weighted by atomic mass is 10.2. The number of carbonyl (C=O) groups is 1. The number of hydrogen-bond donors (Lipinski definition) is 2. The van der Waals surface area contributed by atoms with E-state index in [2.05, 4.69) is 0 Å². The largest absolute Gasteiger partial charge is 0.480 e. The first-order chi connectivity index (χ1) is 9.51. The molecule has 2 N–H and O–H groups in total. The van der Waals surface area contributed by atoms with E-state index < -0.39 is 41.1 Å². The van der Waals surface area contributed by atoms with Gasteiger partial charge in [0.05, 0.1) is 4.90 Å². The molecule has 1 aromatic rings. The lowest BCUT2D eigenvalue weighted by Gasteiger charge is -2.15. The minimum atomic E-state index is -4.57. The normalized spacial score (nSPS) is 13.3. The van der Waals surface area contributed by atoms with E-state index in [4.69, 9.17) is 16.7 Å². The molecule has 0 aliphatic heterocycles. The standard InChI is InChI=1S/C11H11ClF3NO4S.ClH/c12-7-1-3-8(4-2-7)21(19,20)16-9(10(17)18)5-6-11(13,14)15;/h1-4,9,16H,5-6H2,(H,17,18);1H/t9-;/m1./s1. The summed E-state index contributed by atoms with van der Waals surface area (Å²) in [6.07, 6.45) is -6.88. The van der Waals surface area contributed by atoms with Gasteiger partial charge in [0.1, 0.15) is 6.04 Å². The van der Waals surface area contributed by atoms with Gasteiger partial charge in [-0.3, -0.25) is 4.79 Å². The lowest BCUT2D eigenvalue weighted by molar-refractivity contribution is -0.145. The van der Waals surface area contributed by atoms with Crippen molar-refractivity contribution in [3.8, 4) is 0 Å². The number of alkyl halides is 3. The van der Waals surface area contributed by atoms with Crippen LogP contribution in [-0.4, -0.2) is 31.7 Å². The zero-order valence-corrected chi connectivity index (χ0v) is 13.2. The summed E-state index contributed by atoms with van der Waals surface area (Å²) in [7, 11) is -4.25. The van der Waals surface area contributed by atoms with E-state index in [1.165, 1.54) is 12.1 Å². The number of sulfonamides is 1. The molecule has 0 saturated heterocycles. The first kappa shape index (κ1) is 21.0. The summed E-state index contributed by atoms with van der Waals surface area (Å²) in [5, 5.41) is 9.07. The molecule has 0 aliphatic rings. The topological polar surface area (TPSA) is 83.5 Å². The molecule has 0 saturated carbocycles. The first-order valence-electron chi connectivity index (χ1n) is 5.59. The van der Waals surface area contributed by atoms with E-state index in [9.17, 15) is 26.4 Å². The van der Waals surface area contributed by atoms with Crippen molar-refractivity contribution in [2.24, 2.45) is 0 Å². The fraction of sp³-hybridized carbons (Fsp3) is 0.364. The van der Waals surface area contributed by atoms with Gasteiger partial charge in [0.2, 0.25) is 10.0 Å². The molecule has 5 nitrogen and oxygen atoms in total. The Morgan fingerprint density at radius 1 is 1.27 bits per heavy atom. The molecule has 1 aromatic carbocycles. The molecule has 11 heteroatoms. The van der Waals surface area contributed by atoms with Crippen molar-refractivity contribution in [3.05, 3.63) is 29.3 Å². The van der Waals surface area contributed by atoms with Crippen LogP contribution in [0.3, 0.4) is 0 Å². The Morgan fingerprint density at radius 3 is 2.18 bits per heavy atom. The molecule has 0 aliphatic carbocycles. The molecule has 1 atom stereocenters. The Balaban J connectivity index is 0.00000441. The van der Waals surface area contributed by atoms with Crippen LogP contribution in [0.15, 0.2) is 29.2 Å². The molecule has 0 aromatic heterocycles. The third-order valence-electron chi connectivity index (χ3n) is 2.44. The maximum absolute atomic E-state index is 12.1. The summed E-state index contributed by atoms with van der Waals surface area (Å²) in [4.78, 5) is 10.6. The van der Waals surface area contributed by atoms with E-state index >= 15 is 0 Å². The Morgan fingerprint density at radius 2 is 1.77 bits per heavy atom. The molecule has 0 amide bonds. The van der Waals surface area contributed by atoms with Crippen LogP contribution >= 0.6 is 24.0 Å². The minimum absolute atomic E-state index is 0. The predicted octanol–water partition coefficient (Wildman–Crippen LogP) is 2.84. The van der Waals surface area contributed by atoms with Gasteiger partial charge in [0, 0.05) is 11.4 Å². The van der Waals surface area contributed by atoms with E-state index in [0.29, 0.717) is 0 Å². The highest BCUT2D eigenvalue weighted by atomic mass is 35.5. The Bertz CT molecular complexity index is 605.